The van der Waals surface area contributed by atoms with Crippen molar-refractivity contribution in [3.05, 3.63) is 23.9 Å². The topological polar surface area (TPSA) is 38.9 Å². The molecule has 0 amide bonds. The average Bonchev–Trinajstić information content (AvgIpc) is 2.03. The smallest absolute Gasteiger partial charge is 0.123 e. The molecule has 12 heavy (non-hydrogen) atoms. The zero-order valence-corrected chi connectivity index (χ0v) is 7.91. The fourth-order valence-corrected chi connectivity index (χ4v) is 1.06. The number of anilines is 1. The zero-order valence-electron chi connectivity index (χ0n) is 7.91. The molecule has 0 saturated carbocycles. The van der Waals surface area contributed by atoms with Crippen LogP contribution in [0.2, 0.25) is 0 Å². The van der Waals surface area contributed by atoms with Crippen LogP contribution in [0.1, 0.15) is 32.4 Å². The van der Waals surface area contributed by atoms with Crippen LogP contribution < -0.4 is 5.73 Å². The lowest BCUT2D eigenvalue weighted by molar-refractivity contribution is 0.524. The highest BCUT2D eigenvalue weighted by Crippen LogP contribution is 2.21. The van der Waals surface area contributed by atoms with Crippen molar-refractivity contribution in [2.75, 3.05) is 5.73 Å². The Balaban J connectivity index is 2.88. The van der Waals surface area contributed by atoms with E-state index in [0.717, 1.165) is 5.69 Å². The molecule has 1 heterocycles. The molecule has 2 N–H and O–H groups in total. The van der Waals surface area contributed by atoms with E-state index in [0.29, 0.717) is 17.7 Å². The van der Waals surface area contributed by atoms with Crippen molar-refractivity contribution in [3.63, 3.8) is 0 Å². The van der Waals surface area contributed by atoms with E-state index < -0.39 is 0 Å². The van der Waals surface area contributed by atoms with Crippen molar-refractivity contribution < 1.29 is 0 Å². The highest BCUT2D eigenvalue weighted by Gasteiger charge is 2.10. The van der Waals surface area contributed by atoms with Gasteiger partial charge < -0.3 is 5.73 Å². The van der Waals surface area contributed by atoms with E-state index in [1.54, 1.807) is 0 Å². The summed E-state index contributed by atoms with van der Waals surface area (Å²) in [5.41, 5.74) is 6.67. The summed E-state index contributed by atoms with van der Waals surface area (Å²) in [5, 5.41) is 0. The van der Waals surface area contributed by atoms with Crippen molar-refractivity contribution in [2.24, 2.45) is 5.92 Å². The minimum absolute atomic E-state index is 0.480. The summed E-state index contributed by atoms with van der Waals surface area (Å²) in [5.74, 6) is 1.70. The van der Waals surface area contributed by atoms with E-state index in [2.05, 4.69) is 25.8 Å². The van der Waals surface area contributed by atoms with Gasteiger partial charge in [0, 0.05) is 11.6 Å². The lowest BCUT2D eigenvalue weighted by Crippen LogP contribution is -2.05. The molecule has 2 heteroatoms. The molecule has 1 aromatic rings. The number of aromatic nitrogens is 1. The Labute approximate surface area is 73.8 Å². The van der Waals surface area contributed by atoms with Crippen molar-refractivity contribution in [1.82, 2.24) is 4.98 Å². The Morgan fingerprint density at radius 1 is 1.25 bits per heavy atom. The number of pyridine rings is 1. The van der Waals surface area contributed by atoms with E-state index in [-0.39, 0.29) is 0 Å². The fourth-order valence-electron chi connectivity index (χ4n) is 1.06. The van der Waals surface area contributed by atoms with Gasteiger partial charge in [-0.1, -0.05) is 26.8 Å². The molecule has 66 valence electrons. The third-order valence-corrected chi connectivity index (χ3v) is 2.26. The highest BCUT2D eigenvalue weighted by atomic mass is 14.8. The SMILES string of the molecule is CC(C)C(C)c1cccc(N)n1. The minimum atomic E-state index is 0.480. The van der Waals surface area contributed by atoms with Gasteiger partial charge in [-0.05, 0) is 18.1 Å². The Bertz CT molecular complexity index is 256. The van der Waals surface area contributed by atoms with Crippen molar-refractivity contribution in [2.45, 2.75) is 26.7 Å². The molecule has 1 atom stereocenters. The molecule has 0 spiro atoms. The standard InChI is InChI=1S/C10H16N2/c1-7(2)8(3)9-5-4-6-10(11)12-9/h4-8H,1-3H3,(H2,11,12). The second-order valence-corrected chi connectivity index (χ2v) is 3.52. The van der Waals surface area contributed by atoms with Gasteiger partial charge in [-0.3, -0.25) is 0 Å². The molecule has 0 aliphatic rings. The van der Waals surface area contributed by atoms with Gasteiger partial charge in [-0.25, -0.2) is 4.98 Å². The maximum Gasteiger partial charge on any atom is 0.123 e. The Kier molecular flexibility index (Phi) is 2.69. The van der Waals surface area contributed by atoms with E-state index in [9.17, 15) is 0 Å². The molecule has 0 saturated heterocycles. The highest BCUT2D eigenvalue weighted by molar-refractivity contribution is 5.29. The Hall–Kier alpha value is -1.05. The molecular formula is C10H16N2. The normalized spacial score (nSPS) is 13.3. The van der Waals surface area contributed by atoms with Gasteiger partial charge in [-0.2, -0.15) is 0 Å². The quantitative estimate of drug-likeness (QED) is 0.729. The van der Waals surface area contributed by atoms with Crippen molar-refractivity contribution in [3.8, 4) is 0 Å². The average molecular weight is 164 g/mol. The fraction of sp³-hybridized carbons (Fsp3) is 0.500. The van der Waals surface area contributed by atoms with Crippen molar-refractivity contribution in [1.29, 1.82) is 0 Å². The predicted molar refractivity (Wildman–Crippen MR) is 51.9 cm³/mol. The first-order chi connectivity index (χ1) is 5.61. The number of nitrogens with two attached hydrogens (primary N) is 1. The van der Waals surface area contributed by atoms with Gasteiger partial charge in [0.05, 0.1) is 0 Å². The maximum absolute atomic E-state index is 5.59. The molecule has 0 radical (unpaired) electrons. The summed E-state index contributed by atoms with van der Waals surface area (Å²) < 4.78 is 0. The summed E-state index contributed by atoms with van der Waals surface area (Å²) >= 11 is 0. The van der Waals surface area contributed by atoms with Crippen LogP contribution in [0, 0.1) is 5.92 Å². The van der Waals surface area contributed by atoms with E-state index in [4.69, 9.17) is 5.73 Å². The van der Waals surface area contributed by atoms with E-state index >= 15 is 0 Å². The monoisotopic (exact) mass is 164 g/mol. The molecule has 0 aliphatic heterocycles. The molecule has 0 aromatic carbocycles. The van der Waals surface area contributed by atoms with Crippen LogP contribution in [0.15, 0.2) is 18.2 Å². The van der Waals surface area contributed by atoms with Crippen LogP contribution >= 0.6 is 0 Å². The molecular weight excluding hydrogens is 148 g/mol. The van der Waals surface area contributed by atoms with Gasteiger partial charge in [0.1, 0.15) is 5.82 Å². The number of nitrogen functional groups attached to an aromatic ring is 1. The second-order valence-electron chi connectivity index (χ2n) is 3.52. The molecule has 1 aromatic heterocycles. The van der Waals surface area contributed by atoms with Crippen LogP contribution in [-0.4, -0.2) is 4.98 Å². The summed E-state index contributed by atoms with van der Waals surface area (Å²) in [6.07, 6.45) is 0. The molecule has 0 aliphatic carbocycles. The zero-order chi connectivity index (χ0) is 9.14. The second kappa shape index (κ2) is 3.57. The first-order valence-corrected chi connectivity index (χ1v) is 4.33. The molecule has 1 rings (SSSR count). The summed E-state index contributed by atoms with van der Waals surface area (Å²) in [6.45, 7) is 6.55. The Morgan fingerprint density at radius 3 is 2.42 bits per heavy atom. The van der Waals surface area contributed by atoms with Gasteiger partial charge >= 0.3 is 0 Å². The van der Waals surface area contributed by atoms with E-state index in [1.165, 1.54) is 0 Å². The van der Waals surface area contributed by atoms with Crippen LogP contribution in [0.5, 0.6) is 0 Å². The Morgan fingerprint density at radius 2 is 1.92 bits per heavy atom. The van der Waals surface area contributed by atoms with Gasteiger partial charge in [0.2, 0.25) is 0 Å². The third-order valence-electron chi connectivity index (χ3n) is 2.26. The van der Waals surface area contributed by atoms with Gasteiger partial charge in [-0.15, -0.1) is 0 Å². The lowest BCUT2D eigenvalue weighted by Gasteiger charge is -2.14. The lowest BCUT2D eigenvalue weighted by atomic mass is 9.94. The number of nitrogens with zero attached hydrogens (tertiary/aromatic N) is 1. The molecule has 1 unspecified atom stereocenters. The van der Waals surface area contributed by atoms with Crippen LogP contribution in [0.4, 0.5) is 5.82 Å². The molecule has 0 fully saturated rings. The van der Waals surface area contributed by atoms with Crippen LogP contribution in [0.3, 0.4) is 0 Å². The largest absolute Gasteiger partial charge is 0.384 e. The minimum Gasteiger partial charge on any atom is -0.384 e. The maximum atomic E-state index is 5.59. The van der Waals surface area contributed by atoms with E-state index in [1.807, 2.05) is 18.2 Å². The summed E-state index contributed by atoms with van der Waals surface area (Å²) in [7, 11) is 0. The predicted octanol–water partition coefficient (Wildman–Crippen LogP) is 2.42. The van der Waals surface area contributed by atoms with Gasteiger partial charge in [0.15, 0.2) is 0 Å². The number of rotatable bonds is 2. The first-order valence-electron chi connectivity index (χ1n) is 4.33. The van der Waals surface area contributed by atoms with Crippen LogP contribution in [0.25, 0.3) is 0 Å². The summed E-state index contributed by atoms with van der Waals surface area (Å²) in [6, 6.07) is 5.80. The first kappa shape index (κ1) is 9.04. The number of hydrogen-bond donors (Lipinski definition) is 1. The van der Waals surface area contributed by atoms with Crippen LogP contribution in [-0.2, 0) is 0 Å². The molecule has 0 bridgehead atoms. The third kappa shape index (κ3) is 1.97. The summed E-state index contributed by atoms with van der Waals surface area (Å²) in [4.78, 5) is 4.27. The number of hydrogen-bond acceptors (Lipinski definition) is 2. The molecule has 2 nitrogen and oxygen atoms in total. The van der Waals surface area contributed by atoms with Crippen molar-refractivity contribution >= 4 is 5.82 Å². The van der Waals surface area contributed by atoms with Gasteiger partial charge in [0.25, 0.3) is 0 Å².